The summed E-state index contributed by atoms with van der Waals surface area (Å²) in [7, 11) is 0. The number of hydrogen-bond donors (Lipinski definition) is 1. The van der Waals surface area contributed by atoms with Crippen LogP contribution in [0.15, 0.2) is 36.4 Å². The molecule has 0 radical (unpaired) electrons. The van der Waals surface area contributed by atoms with E-state index >= 15 is 0 Å². The van der Waals surface area contributed by atoms with Gasteiger partial charge in [-0.2, -0.15) is 0 Å². The van der Waals surface area contributed by atoms with Crippen LogP contribution in [0.1, 0.15) is 23.2 Å². The van der Waals surface area contributed by atoms with E-state index in [1.165, 1.54) is 0 Å². The number of amides is 1. The Morgan fingerprint density at radius 2 is 1.75 bits per heavy atom. The highest BCUT2D eigenvalue weighted by Crippen LogP contribution is 2.19. The highest BCUT2D eigenvalue weighted by Gasteiger charge is 2.27. The first-order valence-corrected chi connectivity index (χ1v) is 8.13. The van der Waals surface area contributed by atoms with E-state index in [1.54, 1.807) is 17.0 Å². The summed E-state index contributed by atoms with van der Waals surface area (Å²) in [5.41, 5.74) is 1.57. The van der Waals surface area contributed by atoms with Crippen LogP contribution in [0.2, 0.25) is 0 Å². The van der Waals surface area contributed by atoms with Crippen molar-refractivity contribution >= 4 is 11.7 Å². The maximum Gasteiger partial charge on any atom is 0.256 e. The van der Waals surface area contributed by atoms with Crippen molar-refractivity contribution in [3.63, 3.8) is 0 Å². The summed E-state index contributed by atoms with van der Waals surface area (Å²) in [5.74, 6) is 1.41. The van der Waals surface area contributed by atoms with E-state index in [0.29, 0.717) is 31.7 Å². The van der Waals surface area contributed by atoms with E-state index < -0.39 is 6.10 Å². The topological polar surface area (TPSA) is 69.6 Å². The molecule has 1 N–H and O–H groups in total. The normalized spacial score (nSPS) is 16.1. The SMILES string of the molecule is Cc1cc(N2CCN(C(=O)C(O)c3ccccc3)CC2)nc(C)n1. The molecule has 1 amide bonds. The van der Waals surface area contributed by atoms with Gasteiger partial charge in [-0.3, -0.25) is 4.79 Å². The quantitative estimate of drug-likeness (QED) is 0.925. The Balaban J connectivity index is 1.63. The zero-order chi connectivity index (χ0) is 17.1. The summed E-state index contributed by atoms with van der Waals surface area (Å²) in [6.45, 7) is 6.38. The minimum absolute atomic E-state index is 0.240. The molecule has 1 aromatic heterocycles. The molecule has 1 aliphatic heterocycles. The Hall–Kier alpha value is -2.47. The molecule has 1 saturated heterocycles. The lowest BCUT2D eigenvalue weighted by atomic mass is 10.1. The van der Waals surface area contributed by atoms with E-state index in [9.17, 15) is 9.90 Å². The summed E-state index contributed by atoms with van der Waals surface area (Å²) in [4.78, 5) is 25.1. The van der Waals surface area contributed by atoms with E-state index in [2.05, 4.69) is 14.9 Å². The van der Waals surface area contributed by atoms with Crippen LogP contribution in [0.4, 0.5) is 5.82 Å². The van der Waals surface area contributed by atoms with Gasteiger partial charge >= 0.3 is 0 Å². The number of rotatable bonds is 3. The van der Waals surface area contributed by atoms with Crippen LogP contribution in [0.25, 0.3) is 0 Å². The molecule has 6 nitrogen and oxygen atoms in total. The Labute approximate surface area is 141 Å². The molecule has 0 aliphatic carbocycles. The fourth-order valence-electron chi connectivity index (χ4n) is 2.97. The number of hydrogen-bond acceptors (Lipinski definition) is 5. The van der Waals surface area contributed by atoms with Gasteiger partial charge in [0.2, 0.25) is 0 Å². The maximum absolute atomic E-state index is 12.5. The first-order valence-electron chi connectivity index (χ1n) is 8.13. The van der Waals surface area contributed by atoms with Crippen molar-refractivity contribution in [2.75, 3.05) is 31.1 Å². The predicted molar refractivity (Wildman–Crippen MR) is 91.7 cm³/mol. The van der Waals surface area contributed by atoms with Crippen LogP contribution in [-0.2, 0) is 4.79 Å². The molecule has 0 bridgehead atoms. The molecule has 126 valence electrons. The standard InChI is InChI=1S/C18H22N4O2/c1-13-12-16(20-14(2)19-13)21-8-10-22(11-9-21)18(24)17(23)15-6-4-3-5-7-15/h3-7,12,17,23H,8-11H2,1-2H3. The van der Waals surface area contributed by atoms with Gasteiger partial charge < -0.3 is 14.9 Å². The van der Waals surface area contributed by atoms with Crippen LogP contribution in [0, 0.1) is 13.8 Å². The van der Waals surface area contributed by atoms with E-state index in [0.717, 1.165) is 17.3 Å². The summed E-state index contributed by atoms with van der Waals surface area (Å²) < 4.78 is 0. The molecule has 2 aromatic rings. The zero-order valence-corrected chi connectivity index (χ0v) is 14.0. The molecule has 0 spiro atoms. The van der Waals surface area contributed by atoms with Crippen molar-refractivity contribution in [2.45, 2.75) is 20.0 Å². The number of aliphatic hydroxyl groups is 1. The van der Waals surface area contributed by atoms with Crippen LogP contribution in [0.5, 0.6) is 0 Å². The van der Waals surface area contributed by atoms with Gasteiger partial charge in [-0.15, -0.1) is 0 Å². The molecule has 3 rings (SSSR count). The largest absolute Gasteiger partial charge is 0.378 e. The third-order valence-corrected chi connectivity index (χ3v) is 4.22. The number of piperazine rings is 1. The smallest absolute Gasteiger partial charge is 0.256 e. The van der Waals surface area contributed by atoms with Gasteiger partial charge in [0.15, 0.2) is 6.10 Å². The molecule has 1 aliphatic rings. The molecule has 1 unspecified atom stereocenters. The second-order valence-corrected chi connectivity index (χ2v) is 6.04. The van der Waals surface area contributed by atoms with Gasteiger partial charge in [0, 0.05) is 37.9 Å². The molecule has 1 atom stereocenters. The number of aliphatic hydroxyl groups excluding tert-OH is 1. The highest BCUT2D eigenvalue weighted by molar-refractivity contribution is 5.82. The number of nitrogens with zero attached hydrogens (tertiary/aromatic N) is 4. The number of aromatic nitrogens is 2. The zero-order valence-electron chi connectivity index (χ0n) is 14.0. The monoisotopic (exact) mass is 326 g/mol. The van der Waals surface area contributed by atoms with Crippen molar-refractivity contribution in [3.05, 3.63) is 53.5 Å². The summed E-state index contributed by atoms with van der Waals surface area (Å²) in [6, 6.07) is 11.0. The summed E-state index contributed by atoms with van der Waals surface area (Å²) >= 11 is 0. The van der Waals surface area contributed by atoms with Crippen LogP contribution < -0.4 is 4.90 Å². The van der Waals surface area contributed by atoms with E-state index in [4.69, 9.17) is 0 Å². The highest BCUT2D eigenvalue weighted by atomic mass is 16.3. The van der Waals surface area contributed by atoms with Crippen molar-refractivity contribution < 1.29 is 9.90 Å². The Morgan fingerprint density at radius 3 is 2.38 bits per heavy atom. The second kappa shape index (κ2) is 6.97. The summed E-state index contributed by atoms with van der Waals surface area (Å²) in [5, 5.41) is 10.3. The number of benzene rings is 1. The average Bonchev–Trinajstić information content (AvgIpc) is 2.60. The minimum atomic E-state index is -1.10. The number of anilines is 1. The number of carbonyl (C=O) groups is 1. The Kier molecular flexibility index (Phi) is 4.76. The second-order valence-electron chi connectivity index (χ2n) is 6.04. The lowest BCUT2D eigenvalue weighted by Gasteiger charge is -2.36. The molecule has 2 heterocycles. The van der Waals surface area contributed by atoms with Gasteiger partial charge in [-0.1, -0.05) is 30.3 Å². The summed E-state index contributed by atoms with van der Waals surface area (Å²) in [6.07, 6.45) is -1.10. The van der Waals surface area contributed by atoms with Crippen molar-refractivity contribution in [3.8, 4) is 0 Å². The molecule has 24 heavy (non-hydrogen) atoms. The third-order valence-electron chi connectivity index (χ3n) is 4.22. The first-order chi connectivity index (χ1) is 11.5. The fourth-order valence-corrected chi connectivity index (χ4v) is 2.97. The Morgan fingerprint density at radius 1 is 1.08 bits per heavy atom. The molecular weight excluding hydrogens is 304 g/mol. The van der Waals surface area contributed by atoms with E-state index in [1.807, 2.05) is 38.1 Å². The van der Waals surface area contributed by atoms with Gasteiger partial charge in [0.25, 0.3) is 5.91 Å². The van der Waals surface area contributed by atoms with Crippen LogP contribution in [-0.4, -0.2) is 52.1 Å². The molecule has 6 heteroatoms. The van der Waals surface area contributed by atoms with Gasteiger partial charge in [0.05, 0.1) is 0 Å². The average molecular weight is 326 g/mol. The molecule has 1 aromatic carbocycles. The lowest BCUT2D eigenvalue weighted by molar-refractivity contribution is -0.140. The van der Waals surface area contributed by atoms with Crippen molar-refractivity contribution in [2.24, 2.45) is 0 Å². The fraction of sp³-hybridized carbons (Fsp3) is 0.389. The minimum Gasteiger partial charge on any atom is -0.378 e. The molecule has 1 fully saturated rings. The Bertz CT molecular complexity index is 692. The van der Waals surface area contributed by atoms with Crippen molar-refractivity contribution in [1.82, 2.24) is 14.9 Å². The van der Waals surface area contributed by atoms with Gasteiger partial charge in [0.1, 0.15) is 11.6 Å². The first kappa shape index (κ1) is 16.4. The van der Waals surface area contributed by atoms with Crippen LogP contribution >= 0.6 is 0 Å². The number of carbonyl (C=O) groups excluding carboxylic acids is 1. The number of aryl methyl sites for hydroxylation is 2. The predicted octanol–water partition coefficient (Wildman–Crippen LogP) is 1.48. The van der Waals surface area contributed by atoms with Gasteiger partial charge in [-0.25, -0.2) is 9.97 Å². The molecule has 0 saturated carbocycles. The van der Waals surface area contributed by atoms with Gasteiger partial charge in [-0.05, 0) is 19.4 Å². The van der Waals surface area contributed by atoms with Crippen molar-refractivity contribution in [1.29, 1.82) is 0 Å². The maximum atomic E-state index is 12.5. The third kappa shape index (κ3) is 3.54. The molecular formula is C18H22N4O2. The van der Waals surface area contributed by atoms with E-state index in [-0.39, 0.29) is 5.91 Å². The van der Waals surface area contributed by atoms with Crippen LogP contribution in [0.3, 0.4) is 0 Å². The lowest BCUT2D eigenvalue weighted by Crippen LogP contribution is -2.50.